The Hall–Kier alpha value is -2.19. The Morgan fingerprint density at radius 2 is 1.96 bits per heavy atom. The molecule has 3 N–H and O–H groups in total. The molecule has 0 saturated heterocycles. The van der Waals surface area contributed by atoms with E-state index in [1.54, 1.807) is 24.3 Å². The van der Waals surface area contributed by atoms with E-state index < -0.39 is 5.91 Å². The number of hydrogen-bond donors (Lipinski definition) is 3. The van der Waals surface area contributed by atoms with Gasteiger partial charge in [0.1, 0.15) is 5.75 Å². The highest BCUT2D eigenvalue weighted by molar-refractivity contribution is 7.80. The minimum Gasteiger partial charge on any atom is -0.494 e. The smallest absolute Gasteiger partial charge is 0.257 e. The zero-order chi connectivity index (χ0) is 17.8. The lowest BCUT2D eigenvalue weighted by molar-refractivity contribution is -0.122. The van der Waals surface area contributed by atoms with Crippen molar-refractivity contribution in [1.82, 2.24) is 16.2 Å². The van der Waals surface area contributed by atoms with Gasteiger partial charge in [0.2, 0.25) is 5.91 Å². The Morgan fingerprint density at radius 3 is 2.67 bits per heavy atom. The van der Waals surface area contributed by atoms with E-state index in [4.69, 9.17) is 21.7 Å². The van der Waals surface area contributed by atoms with Crippen LogP contribution in [0.4, 0.5) is 0 Å². The number of benzene rings is 1. The predicted molar refractivity (Wildman–Crippen MR) is 94.7 cm³/mol. The lowest BCUT2D eigenvalue weighted by Crippen LogP contribution is -2.48. The first kappa shape index (κ1) is 19.9. The van der Waals surface area contributed by atoms with Gasteiger partial charge in [-0.05, 0) is 43.8 Å². The molecule has 1 aromatic carbocycles. The molecule has 0 aliphatic carbocycles. The summed E-state index contributed by atoms with van der Waals surface area (Å²) in [7, 11) is 0. The van der Waals surface area contributed by atoms with Crippen LogP contribution in [-0.4, -0.2) is 36.7 Å². The molecule has 1 rings (SSSR count). The van der Waals surface area contributed by atoms with Crippen molar-refractivity contribution in [2.24, 2.45) is 0 Å². The molecule has 7 nitrogen and oxygen atoms in total. The van der Waals surface area contributed by atoms with Crippen LogP contribution in [0.2, 0.25) is 0 Å². The second-order valence-electron chi connectivity index (χ2n) is 4.78. The third-order valence-corrected chi connectivity index (χ3v) is 2.99. The molecule has 1 aromatic rings. The van der Waals surface area contributed by atoms with Crippen molar-refractivity contribution in [3.05, 3.63) is 29.8 Å². The number of rotatable bonds is 8. The van der Waals surface area contributed by atoms with Gasteiger partial charge in [0, 0.05) is 12.2 Å². The standard InChI is InChI=1S/C16H23N3O4S/c1-3-9-23-13-7-5-6-12(11-13)15(21)17-16(24)19-18-14(20)8-10-22-4-2/h5-7,11H,3-4,8-10H2,1-2H3,(H,18,20)(H2,17,19,21,24). The summed E-state index contributed by atoms with van der Waals surface area (Å²) in [6.07, 6.45) is 1.08. The van der Waals surface area contributed by atoms with Crippen LogP contribution in [-0.2, 0) is 9.53 Å². The van der Waals surface area contributed by atoms with Crippen LogP contribution in [0.15, 0.2) is 24.3 Å². The SMILES string of the molecule is CCCOc1cccc(C(=O)NC(=S)NNC(=O)CCOCC)c1. The molecule has 0 heterocycles. The van der Waals surface area contributed by atoms with E-state index in [9.17, 15) is 9.59 Å². The Kier molecular flexibility index (Phi) is 9.40. The Morgan fingerprint density at radius 1 is 1.17 bits per heavy atom. The van der Waals surface area contributed by atoms with Gasteiger partial charge in [-0.15, -0.1) is 0 Å². The molecule has 0 aliphatic heterocycles. The van der Waals surface area contributed by atoms with Gasteiger partial charge in [-0.2, -0.15) is 0 Å². The van der Waals surface area contributed by atoms with E-state index >= 15 is 0 Å². The van der Waals surface area contributed by atoms with E-state index in [1.165, 1.54) is 0 Å². The van der Waals surface area contributed by atoms with Gasteiger partial charge >= 0.3 is 0 Å². The van der Waals surface area contributed by atoms with Gasteiger partial charge in [-0.3, -0.25) is 25.8 Å². The number of ether oxygens (including phenoxy) is 2. The zero-order valence-electron chi connectivity index (χ0n) is 13.9. The van der Waals surface area contributed by atoms with Crippen LogP contribution in [0.25, 0.3) is 0 Å². The van der Waals surface area contributed by atoms with Crippen molar-refractivity contribution < 1.29 is 19.1 Å². The van der Waals surface area contributed by atoms with Crippen LogP contribution < -0.4 is 20.9 Å². The van der Waals surface area contributed by atoms with Crippen molar-refractivity contribution in [2.45, 2.75) is 26.7 Å². The maximum absolute atomic E-state index is 12.1. The Balaban J connectivity index is 2.41. The topological polar surface area (TPSA) is 88.7 Å². The fourth-order valence-electron chi connectivity index (χ4n) is 1.65. The number of carbonyl (C=O) groups excluding carboxylic acids is 2. The van der Waals surface area contributed by atoms with Crippen LogP contribution in [0, 0.1) is 0 Å². The first-order valence-corrected chi connectivity index (χ1v) is 8.18. The van der Waals surface area contributed by atoms with Crippen molar-refractivity contribution in [2.75, 3.05) is 19.8 Å². The summed E-state index contributed by atoms with van der Waals surface area (Å²) >= 11 is 4.97. The normalized spacial score (nSPS) is 9.92. The van der Waals surface area contributed by atoms with E-state index in [1.807, 2.05) is 13.8 Å². The molecule has 0 atom stereocenters. The summed E-state index contributed by atoms with van der Waals surface area (Å²) in [5.74, 6) is -0.0550. The van der Waals surface area contributed by atoms with Crippen LogP contribution >= 0.6 is 12.2 Å². The summed E-state index contributed by atoms with van der Waals surface area (Å²) in [5.41, 5.74) is 5.27. The van der Waals surface area contributed by atoms with E-state index in [2.05, 4.69) is 16.2 Å². The monoisotopic (exact) mass is 353 g/mol. The number of amides is 2. The Labute approximate surface area is 147 Å². The van der Waals surface area contributed by atoms with Crippen LogP contribution in [0.1, 0.15) is 37.0 Å². The minimum absolute atomic E-state index is 0.00430. The maximum Gasteiger partial charge on any atom is 0.257 e. The first-order chi connectivity index (χ1) is 11.6. The average molecular weight is 353 g/mol. The van der Waals surface area contributed by atoms with Gasteiger partial charge in [-0.1, -0.05) is 13.0 Å². The molecule has 8 heteroatoms. The highest BCUT2D eigenvalue weighted by Gasteiger charge is 2.09. The number of carbonyl (C=O) groups is 2. The molecular weight excluding hydrogens is 330 g/mol. The minimum atomic E-state index is -0.391. The molecule has 0 saturated carbocycles. The molecule has 0 unspecified atom stereocenters. The van der Waals surface area contributed by atoms with Gasteiger partial charge in [-0.25, -0.2) is 0 Å². The maximum atomic E-state index is 12.1. The summed E-state index contributed by atoms with van der Waals surface area (Å²) in [6.45, 7) is 5.31. The summed E-state index contributed by atoms with van der Waals surface area (Å²) < 4.78 is 10.5. The number of hydrogen-bond acceptors (Lipinski definition) is 5. The lowest BCUT2D eigenvalue weighted by atomic mass is 10.2. The number of thiocarbonyl (C=S) groups is 1. The predicted octanol–water partition coefficient (Wildman–Crippen LogP) is 1.54. The van der Waals surface area contributed by atoms with Crippen molar-refractivity contribution in [3.8, 4) is 5.75 Å². The van der Waals surface area contributed by atoms with Gasteiger partial charge in [0.05, 0.1) is 19.6 Å². The molecular formula is C16H23N3O4S. The molecule has 24 heavy (non-hydrogen) atoms. The lowest BCUT2D eigenvalue weighted by Gasteiger charge is -2.11. The number of hydrazine groups is 1. The highest BCUT2D eigenvalue weighted by atomic mass is 32.1. The summed E-state index contributed by atoms with van der Waals surface area (Å²) in [5, 5.41) is 2.49. The summed E-state index contributed by atoms with van der Waals surface area (Å²) in [6, 6.07) is 6.79. The molecule has 0 fully saturated rings. The van der Waals surface area contributed by atoms with Crippen molar-refractivity contribution in [3.63, 3.8) is 0 Å². The first-order valence-electron chi connectivity index (χ1n) is 7.77. The fraction of sp³-hybridized carbons (Fsp3) is 0.438. The average Bonchev–Trinajstić information content (AvgIpc) is 2.58. The third-order valence-electron chi connectivity index (χ3n) is 2.79. The van der Waals surface area contributed by atoms with Crippen molar-refractivity contribution >= 4 is 29.1 Å². The highest BCUT2D eigenvalue weighted by Crippen LogP contribution is 2.13. The molecule has 0 radical (unpaired) electrons. The number of nitrogens with one attached hydrogen (secondary N) is 3. The molecule has 0 aliphatic rings. The second-order valence-corrected chi connectivity index (χ2v) is 5.19. The van der Waals surface area contributed by atoms with Crippen LogP contribution in [0.3, 0.4) is 0 Å². The van der Waals surface area contributed by atoms with Crippen LogP contribution in [0.5, 0.6) is 5.75 Å². The van der Waals surface area contributed by atoms with Gasteiger partial charge in [0.15, 0.2) is 5.11 Å². The van der Waals surface area contributed by atoms with E-state index in [-0.39, 0.29) is 17.4 Å². The van der Waals surface area contributed by atoms with Gasteiger partial charge in [0.25, 0.3) is 5.91 Å². The molecule has 132 valence electrons. The summed E-state index contributed by atoms with van der Waals surface area (Å²) in [4.78, 5) is 23.6. The molecule has 0 aromatic heterocycles. The Bertz CT molecular complexity index is 566. The largest absolute Gasteiger partial charge is 0.494 e. The quantitative estimate of drug-likeness (QED) is 0.373. The van der Waals surface area contributed by atoms with E-state index in [0.29, 0.717) is 31.1 Å². The zero-order valence-corrected chi connectivity index (χ0v) is 14.7. The molecule has 2 amide bonds. The second kappa shape index (κ2) is 11.4. The van der Waals surface area contributed by atoms with Gasteiger partial charge < -0.3 is 9.47 Å². The molecule has 0 spiro atoms. The molecule has 0 bridgehead atoms. The third kappa shape index (κ3) is 7.89. The fourth-order valence-corrected chi connectivity index (χ4v) is 1.80. The van der Waals surface area contributed by atoms with Crippen molar-refractivity contribution in [1.29, 1.82) is 0 Å². The van der Waals surface area contributed by atoms with E-state index in [0.717, 1.165) is 6.42 Å².